The van der Waals surface area contributed by atoms with Crippen molar-refractivity contribution in [2.75, 3.05) is 0 Å². The van der Waals surface area contributed by atoms with E-state index in [2.05, 4.69) is 0 Å². The summed E-state index contributed by atoms with van der Waals surface area (Å²) >= 11 is 0. The molecule has 0 nitrogen and oxygen atoms in total. The summed E-state index contributed by atoms with van der Waals surface area (Å²) in [7, 11) is 0. The van der Waals surface area contributed by atoms with Crippen LogP contribution in [-0.2, 0) is 0 Å². The smallest absolute Gasteiger partial charge is 0.166 e. The van der Waals surface area contributed by atoms with Crippen molar-refractivity contribution in [2.45, 2.75) is 33.4 Å². The molecule has 11 heavy (non-hydrogen) atoms. The zero-order valence-corrected chi connectivity index (χ0v) is 7.00. The molecule has 0 aliphatic rings. The third-order valence-electron chi connectivity index (χ3n) is 1.34. The van der Waals surface area contributed by atoms with Crippen LogP contribution in [0.2, 0.25) is 0 Å². The lowest BCUT2D eigenvalue weighted by Gasteiger charge is -2.12. The van der Waals surface area contributed by atoms with Crippen molar-refractivity contribution in [3.63, 3.8) is 0 Å². The normalized spacial score (nSPS) is 14.3. The van der Waals surface area contributed by atoms with E-state index in [0.29, 0.717) is 0 Å². The van der Waals surface area contributed by atoms with Crippen molar-refractivity contribution in [1.82, 2.24) is 0 Å². The van der Waals surface area contributed by atoms with Crippen LogP contribution in [0.3, 0.4) is 0 Å². The summed E-state index contributed by atoms with van der Waals surface area (Å²) in [6.45, 7) is 4.97. The number of rotatable bonds is 2. The van der Waals surface area contributed by atoms with Crippen molar-refractivity contribution >= 4 is 0 Å². The molecule has 0 amide bonds. The molecule has 0 spiro atoms. The predicted molar refractivity (Wildman–Crippen MR) is 39.3 cm³/mol. The standard InChI is InChI=1S/C8H13F3/c1-4-7(5-6(2)3)8(9,10)11/h4,6H,5H2,1-3H3/b7-4+. The van der Waals surface area contributed by atoms with E-state index in [1.165, 1.54) is 6.92 Å². The van der Waals surface area contributed by atoms with Crippen LogP contribution in [0.4, 0.5) is 13.2 Å². The lowest BCUT2D eigenvalue weighted by Crippen LogP contribution is -2.13. The molecule has 0 saturated heterocycles. The second kappa shape index (κ2) is 3.79. The van der Waals surface area contributed by atoms with Gasteiger partial charge >= 0.3 is 6.18 Å². The van der Waals surface area contributed by atoms with Crippen LogP contribution >= 0.6 is 0 Å². The molecule has 0 aliphatic heterocycles. The van der Waals surface area contributed by atoms with Crippen LogP contribution in [-0.4, -0.2) is 6.18 Å². The van der Waals surface area contributed by atoms with Crippen LogP contribution in [0.15, 0.2) is 11.6 Å². The number of hydrogen-bond acceptors (Lipinski definition) is 0. The molecule has 0 N–H and O–H groups in total. The molecule has 0 aromatic heterocycles. The molecule has 0 unspecified atom stereocenters. The first-order valence-electron chi connectivity index (χ1n) is 3.60. The highest BCUT2D eigenvalue weighted by Gasteiger charge is 2.32. The fraction of sp³-hybridized carbons (Fsp3) is 0.750. The van der Waals surface area contributed by atoms with Gasteiger partial charge in [-0.15, -0.1) is 0 Å². The molecule has 0 saturated carbocycles. The highest BCUT2D eigenvalue weighted by Crippen LogP contribution is 2.29. The van der Waals surface area contributed by atoms with Crippen LogP contribution in [0, 0.1) is 5.92 Å². The third kappa shape index (κ3) is 4.06. The molecular formula is C8H13F3. The highest BCUT2D eigenvalue weighted by molar-refractivity contribution is 5.07. The molecule has 0 radical (unpaired) electrons. The van der Waals surface area contributed by atoms with Gasteiger partial charge in [0.25, 0.3) is 0 Å². The Labute approximate surface area is 65.1 Å². The van der Waals surface area contributed by atoms with Crippen molar-refractivity contribution in [1.29, 1.82) is 0 Å². The van der Waals surface area contributed by atoms with E-state index in [9.17, 15) is 13.2 Å². The van der Waals surface area contributed by atoms with Crippen LogP contribution in [0.1, 0.15) is 27.2 Å². The SMILES string of the molecule is C/C=C(\CC(C)C)C(F)(F)F. The first-order chi connectivity index (χ1) is 4.88. The quantitative estimate of drug-likeness (QED) is 0.550. The fourth-order valence-corrected chi connectivity index (χ4v) is 0.837. The lowest BCUT2D eigenvalue weighted by atomic mass is 10.0. The van der Waals surface area contributed by atoms with Gasteiger partial charge in [-0.3, -0.25) is 0 Å². The number of hydrogen-bond donors (Lipinski definition) is 0. The highest BCUT2D eigenvalue weighted by atomic mass is 19.4. The topological polar surface area (TPSA) is 0 Å². The average Bonchev–Trinajstić information content (AvgIpc) is 1.79. The summed E-state index contributed by atoms with van der Waals surface area (Å²) in [5.74, 6) is 0.0582. The minimum Gasteiger partial charge on any atom is -0.166 e. The van der Waals surface area contributed by atoms with Gasteiger partial charge in [-0.2, -0.15) is 13.2 Å². The Morgan fingerprint density at radius 2 is 1.82 bits per heavy atom. The zero-order chi connectivity index (χ0) is 9.07. The van der Waals surface area contributed by atoms with Crippen molar-refractivity contribution in [2.24, 2.45) is 5.92 Å². The molecular weight excluding hydrogens is 153 g/mol. The number of allylic oxidation sites excluding steroid dienone is 2. The van der Waals surface area contributed by atoms with Gasteiger partial charge < -0.3 is 0 Å². The molecule has 0 rings (SSSR count). The van der Waals surface area contributed by atoms with Gasteiger partial charge in [0.2, 0.25) is 0 Å². The Kier molecular flexibility index (Phi) is 3.63. The minimum absolute atomic E-state index is 0.0582. The van der Waals surface area contributed by atoms with Crippen molar-refractivity contribution in [3.05, 3.63) is 11.6 Å². The Hall–Kier alpha value is -0.470. The number of halogens is 3. The molecule has 0 bridgehead atoms. The summed E-state index contributed by atoms with van der Waals surface area (Å²) < 4.78 is 36.0. The van der Waals surface area contributed by atoms with Gasteiger partial charge in [0.1, 0.15) is 0 Å². The monoisotopic (exact) mass is 166 g/mol. The Morgan fingerprint density at radius 3 is 1.91 bits per heavy atom. The van der Waals surface area contributed by atoms with Gasteiger partial charge in [-0.25, -0.2) is 0 Å². The summed E-state index contributed by atoms with van der Waals surface area (Å²) in [5, 5.41) is 0. The molecule has 0 aromatic carbocycles. The van der Waals surface area contributed by atoms with Crippen LogP contribution < -0.4 is 0 Å². The zero-order valence-electron chi connectivity index (χ0n) is 7.00. The van der Waals surface area contributed by atoms with E-state index in [0.717, 1.165) is 6.08 Å². The van der Waals surface area contributed by atoms with E-state index < -0.39 is 11.7 Å². The first-order valence-corrected chi connectivity index (χ1v) is 3.60. The van der Waals surface area contributed by atoms with E-state index in [-0.39, 0.29) is 12.3 Å². The van der Waals surface area contributed by atoms with E-state index >= 15 is 0 Å². The second-order valence-corrected chi connectivity index (χ2v) is 2.91. The van der Waals surface area contributed by atoms with Crippen molar-refractivity contribution in [3.8, 4) is 0 Å². The lowest BCUT2D eigenvalue weighted by molar-refractivity contribution is -0.0951. The Bertz CT molecular complexity index is 142. The molecule has 0 atom stereocenters. The number of alkyl halides is 3. The second-order valence-electron chi connectivity index (χ2n) is 2.91. The molecule has 0 aromatic rings. The summed E-state index contributed by atoms with van der Waals surface area (Å²) in [4.78, 5) is 0. The van der Waals surface area contributed by atoms with E-state index in [4.69, 9.17) is 0 Å². The Balaban J connectivity index is 4.21. The van der Waals surface area contributed by atoms with E-state index in [1.54, 1.807) is 13.8 Å². The molecule has 0 heterocycles. The summed E-state index contributed by atoms with van der Waals surface area (Å²) in [5.41, 5.74) is -0.424. The molecule has 66 valence electrons. The third-order valence-corrected chi connectivity index (χ3v) is 1.34. The van der Waals surface area contributed by atoms with Gasteiger partial charge in [0.15, 0.2) is 0 Å². The van der Waals surface area contributed by atoms with Crippen LogP contribution in [0.25, 0.3) is 0 Å². The summed E-state index contributed by atoms with van der Waals surface area (Å²) in [6, 6.07) is 0. The maximum Gasteiger partial charge on any atom is 0.412 e. The minimum atomic E-state index is -4.14. The van der Waals surface area contributed by atoms with Gasteiger partial charge in [0.05, 0.1) is 0 Å². The van der Waals surface area contributed by atoms with Gasteiger partial charge in [-0.1, -0.05) is 19.9 Å². The largest absolute Gasteiger partial charge is 0.412 e. The summed E-state index contributed by atoms with van der Waals surface area (Å²) in [6.07, 6.45) is -2.89. The van der Waals surface area contributed by atoms with E-state index in [1.807, 2.05) is 0 Å². The maximum absolute atomic E-state index is 12.0. The van der Waals surface area contributed by atoms with Gasteiger partial charge in [0, 0.05) is 5.57 Å². The average molecular weight is 166 g/mol. The molecule has 3 heteroatoms. The predicted octanol–water partition coefficient (Wildman–Crippen LogP) is 3.54. The van der Waals surface area contributed by atoms with Crippen LogP contribution in [0.5, 0.6) is 0 Å². The Morgan fingerprint density at radius 1 is 1.36 bits per heavy atom. The fourth-order valence-electron chi connectivity index (χ4n) is 0.837. The molecule has 0 aliphatic carbocycles. The molecule has 0 fully saturated rings. The van der Waals surface area contributed by atoms with Crippen molar-refractivity contribution < 1.29 is 13.2 Å². The van der Waals surface area contributed by atoms with Gasteiger partial charge in [-0.05, 0) is 19.3 Å². The maximum atomic E-state index is 12.0. The first kappa shape index (κ1) is 10.5.